The van der Waals surface area contributed by atoms with Crippen molar-refractivity contribution in [3.63, 3.8) is 0 Å². The number of alkyl halides is 3. The number of aromatic nitrogens is 4. The van der Waals surface area contributed by atoms with E-state index in [1.165, 1.54) is 18.5 Å². The second-order valence-corrected chi connectivity index (χ2v) is 5.36. The number of hydrogen-bond acceptors (Lipinski definition) is 3. The van der Waals surface area contributed by atoms with E-state index in [0.717, 1.165) is 12.4 Å². The largest absolute Gasteiger partial charge is 0.451 e. The molecule has 0 aliphatic rings. The summed E-state index contributed by atoms with van der Waals surface area (Å²) in [6.07, 6.45) is 1.72. The van der Waals surface area contributed by atoms with Gasteiger partial charge in [-0.15, -0.1) is 0 Å². The molecule has 24 heavy (non-hydrogen) atoms. The molecule has 0 N–H and O–H groups in total. The Morgan fingerprint density at radius 2 is 1.79 bits per heavy atom. The van der Waals surface area contributed by atoms with Gasteiger partial charge < -0.3 is 4.57 Å². The first-order chi connectivity index (χ1) is 11.3. The fraction of sp³-hybridized carbons (Fsp3) is 0.133. The number of hydrogen-bond donors (Lipinski definition) is 0. The van der Waals surface area contributed by atoms with Crippen LogP contribution in [0.2, 0.25) is 5.02 Å². The maximum Gasteiger partial charge on any atom is 0.451 e. The van der Waals surface area contributed by atoms with Crippen molar-refractivity contribution in [3.05, 3.63) is 65.3 Å². The van der Waals surface area contributed by atoms with Gasteiger partial charge in [-0.3, -0.25) is 4.98 Å². The Kier molecular flexibility index (Phi) is 4.23. The number of halogens is 5. The summed E-state index contributed by atoms with van der Waals surface area (Å²) in [5.41, 5.74) is 1.33. The van der Waals surface area contributed by atoms with E-state index in [1.54, 1.807) is 16.8 Å². The van der Waals surface area contributed by atoms with Crippen LogP contribution >= 0.6 is 11.6 Å². The van der Waals surface area contributed by atoms with E-state index in [-0.39, 0.29) is 5.82 Å². The van der Waals surface area contributed by atoms with Crippen molar-refractivity contribution in [2.75, 3.05) is 0 Å². The van der Waals surface area contributed by atoms with E-state index in [1.807, 2.05) is 0 Å². The molecule has 0 aliphatic heterocycles. The van der Waals surface area contributed by atoms with Crippen molar-refractivity contribution < 1.29 is 17.6 Å². The van der Waals surface area contributed by atoms with Crippen molar-refractivity contribution in [2.45, 2.75) is 12.7 Å². The highest BCUT2D eigenvalue weighted by Gasteiger charge is 2.34. The first-order valence-corrected chi connectivity index (χ1v) is 7.06. The van der Waals surface area contributed by atoms with Crippen LogP contribution in [-0.2, 0) is 12.7 Å². The normalized spacial score (nSPS) is 11.7. The quantitative estimate of drug-likeness (QED) is 0.661. The van der Waals surface area contributed by atoms with Gasteiger partial charge in [-0.1, -0.05) is 11.6 Å². The third kappa shape index (κ3) is 3.53. The lowest BCUT2D eigenvalue weighted by molar-refractivity contribution is -0.144. The van der Waals surface area contributed by atoms with E-state index in [2.05, 4.69) is 15.0 Å². The van der Waals surface area contributed by atoms with Crippen LogP contribution in [0.25, 0.3) is 11.3 Å². The summed E-state index contributed by atoms with van der Waals surface area (Å²) in [6, 6.07) is 2.91. The lowest BCUT2D eigenvalue weighted by Gasteiger charge is -2.09. The topological polar surface area (TPSA) is 43.6 Å². The van der Waals surface area contributed by atoms with E-state index in [4.69, 9.17) is 11.6 Å². The third-order valence-electron chi connectivity index (χ3n) is 3.20. The molecule has 0 atom stereocenters. The lowest BCUT2D eigenvalue weighted by atomic mass is 10.1. The predicted molar refractivity (Wildman–Crippen MR) is 78.8 cm³/mol. The van der Waals surface area contributed by atoms with Gasteiger partial charge in [0.15, 0.2) is 0 Å². The fourth-order valence-corrected chi connectivity index (χ4v) is 2.24. The van der Waals surface area contributed by atoms with Gasteiger partial charge in [0.2, 0.25) is 5.82 Å². The molecule has 0 saturated carbocycles. The number of nitrogens with zero attached hydrogens (tertiary/aromatic N) is 4. The smallest absolute Gasteiger partial charge is 0.347 e. The Labute approximate surface area is 138 Å². The summed E-state index contributed by atoms with van der Waals surface area (Å²) < 4.78 is 52.1. The predicted octanol–water partition coefficient (Wildman–Crippen LogP) is 4.20. The molecule has 3 rings (SSSR count). The Bertz CT molecular complexity index is 859. The summed E-state index contributed by atoms with van der Waals surface area (Å²) in [5, 5.41) is 0.362. The summed E-state index contributed by atoms with van der Waals surface area (Å²) in [5.74, 6) is -1.60. The monoisotopic (exact) mass is 356 g/mol. The van der Waals surface area contributed by atoms with Crippen LogP contribution in [0.1, 0.15) is 11.4 Å². The van der Waals surface area contributed by atoms with Gasteiger partial charge in [-0.25, -0.2) is 14.4 Å². The van der Waals surface area contributed by atoms with Crippen LogP contribution in [0.4, 0.5) is 17.6 Å². The maximum atomic E-state index is 13.0. The molecule has 3 aromatic heterocycles. The van der Waals surface area contributed by atoms with Crippen molar-refractivity contribution >= 4 is 11.6 Å². The van der Waals surface area contributed by atoms with E-state index in [9.17, 15) is 17.6 Å². The van der Waals surface area contributed by atoms with Crippen molar-refractivity contribution in [2.24, 2.45) is 0 Å². The van der Waals surface area contributed by atoms with Crippen LogP contribution in [0.15, 0.2) is 43.1 Å². The minimum atomic E-state index is -4.60. The number of rotatable bonds is 3. The van der Waals surface area contributed by atoms with Gasteiger partial charge in [0.1, 0.15) is 5.82 Å². The van der Waals surface area contributed by atoms with Crippen molar-refractivity contribution in [1.29, 1.82) is 0 Å². The Morgan fingerprint density at radius 1 is 1.08 bits per heavy atom. The molecule has 0 fully saturated rings. The van der Waals surface area contributed by atoms with Crippen LogP contribution in [0.5, 0.6) is 0 Å². The van der Waals surface area contributed by atoms with Gasteiger partial charge in [0, 0.05) is 43.1 Å². The molecule has 0 saturated heterocycles. The average molecular weight is 357 g/mol. The summed E-state index contributed by atoms with van der Waals surface area (Å²) in [4.78, 5) is 10.7. The van der Waals surface area contributed by atoms with Gasteiger partial charge in [0.05, 0.1) is 10.7 Å². The first kappa shape index (κ1) is 16.4. The van der Waals surface area contributed by atoms with Gasteiger partial charge >= 0.3 is 6.18 Å². The molecule has 0 aromatic carbocycles. The Balaban J connectivity index is 1.90. The van der Waals surface area contributed by atoms with Crippen molar-refractivity contribution in [1.82, 2.24) is 19.5 Å². The van der Waals surface area contributed by atoms with E-state index >= 15 is 0 Å². The fourth-order valence-electron chi connectivity index (χ4n) is 2.07. The summed E-state index contributed by atoms with van der Waals surface area (Å²) >= 11 is 6.08. The summed E-state index contributed by atoms with van der Waals surface area (Å²) in [6.45, 7) is 0.291. The van der Waals surface area contributed by atoms with E-state index in [0.29, 0.717) is 28.4 Å². The molecule has 0 bridgehead atoms. The van der Waals surface area contributed by atoms with Crippen molar-refractivity contribution in [3.8, 4) is 11.3 Å². The Hall–Kier alpha value is -2.48. The standard InChI is InChI=1S/C15H9ClF4N4/c16-12-6-21-13(3-9(12)7-24-2-1-11(17)8-24)10-4-22-14(23-5-10)15(18,19)20/h1-6,8H,7H2. The second kappa shape index (κ2) is 6.20. The van der Waals surface area contributed by atoms with Crippen LogP contribution < -0.4 is 0 Å². The highest BCUT2D eigenvalue weighted by molar-refractivity contribution is 6.31. The molecule has 3 aromatic rings. The average Bonchev–Trinajstić information content (AvgIpc) is 2.94. The highest BCUT2D eigenvalue weighted by Crippen LogP contribution is 2.27. The molecule has 0 amide bonds. The molecule has 0 unspecified atom stereocenters. The maximum absolute atomic E-state index is 13.0. The molecule has 0 aliphatic carbocycles. The van der Waals surface area contributed by atoms with Crippen LogP contribution in [-0.4, -0.2) is 19.5 Å². The molecule has 9 heteroatoms. The molecule has 124 valence electrons. The van der Waals surface area contributed by atoms with E-state index < -0.39 is 12.0 Å². The van der Waals surface area contributed by atoms with Gasteiger partial charge in [0.25, 0.3) is 0 Å². The van der Waals surface area contributed by atoms with Crippen LogP contribution in [0.3, 0.4) is 0 Å². The Morgan fingerprint density at radius 3 is 2.38 bits per heavy atom. The number of pyridine rings is 1. The molecule has 3 heterocycles. The minimum absolute atomic E-state index is 0.291. The SMILES string of the molecule is Fc1ccn(Cc2cc(-c3cnc(C(F)(F)F)nc3)ncc2Cl)c1. The highest BCUT2D eigenvalue weighted by atomic mass is 35.5. The molecular formula is C15H9ClF4N4. The van der Waals surface area contributed by atoms with Gasteiger partial charge in [-0.05, 0) is 17.7 Å². The third-order valence-corrected chi connectivity index (χ3v) is 3.54. The molecule has 4 nitrogen and oxygen atoms in total. The molecule has 0 radical (unpaired) electrons. The zero-order chi connectivity index (χ0) is 17.3. The molecular weight excluding hydrogens is 348 g/mol. The minimum Gasteiger partial charge on any atom is -0.347 e. The summed E-state index contributed by atoms with van der Waals surface area (Å²) in [7, 11) is 0. The zero-order valence-electron chi connectivity index (χ0n) is 11.9. The first-order valence-electron chi connectivity index (χ1n) is 6.68. The van der Waals surface area contributed by atoms with Gasteiger partial charge in [-0.2, -0.15) is 13.2 Å². The zero-order valence-corrected chi connectivity index (χ0v) is 12.7. The van der Waals surface area contributed by atoms with Crippen LogP contribution in [0, 0.1) is 5.82 Å². The second-order valence-electron chi connectivity index (χ2n) is 4.96. The lowest BCUT2D eigenvalue weighted by Crippen LogP contribution is -2.10. The molecule has 0 spiro atoms.